The van der Waals surface area contributed by atoms with E-state index in [1.165, 1.54) is 18.2 Å². The van der Waals surface area contributed by atoms with E-state index in [0.29, 0.717) is 10.0 Å². The molecule has 23 heavy (non-hydrogen) atoms. The van der Waals surface area contributed by atoms with Gasteiger partial charge in [0.05, 0.1) is 10.6 Å². The van der Waals surface area contributed by atoms with Crippen molar-refractivity contribution in [2.45, 2.75) is 4.90 Å². The second-order valence-corrected chi connectivity index (χ2v) is 7.09. The van der Waals surface area contributed by atoms with Crippen LogP contribution in [0.5, 0.6) is 0 Å². The average Bonchev–Trinajstić information content (AvgIpc) is 3.01. The van der Waals surface area contributed by atoms with E-state index in [-0.39, 0.29) is 16.4 Å². The van der Waals surface area contributed by atoms with Crippen LogP contribution in [-0.2, 0) is 10.0 Å². The van der Waals surface area contributed by atoms with Crippen molar-refractivity contribution in [1.82, 2.24) is 20.6 Å². The normalized spacial score (nSPS) is 11.4. The Morgan fingerprint density at radius 2 is 2.00 bits per heavy atom. The third-order valence-corrected chi connectivity index (χ3v) is 4.77. The second-order valence-electron chi connectivity index (χ2n) is 4.49. The Kier molecular flexibility index (Phi) is 4.09. The van der Waals surface area contributed by atoms with Gasteiger partial charge in [0.1, 0.15) is 5.82 Å². The molecule has 0 fully saturated rings. The minimum atomic E-state index is -3.96. The third kappa shape index (κ3) is 3.37. The van der Waals surface area contributed by atoms with Gasteiger partial charge in [-0.2, -0.15) is 5.21 Å². The van der Waals surface area contributed by atoms with Gasteiger partial charge in [0, 0.05) is 10.0 Å². The van der Waals surface area contributed by atoms with Gasteiger partial charge in [-0.05, 0) is 41.6 Å². The van der Waals surface area contributed by atoms with Gasteiger partial charge in [0.15, 0.2) is 0 Å². The quantitative estimate of drug-likeness (QED) is 0.704. The summed E-state index contributed by atoms with van der Waals surface area (Å²) in [6.45, 7) is 0. The van der Waals surface area contributed by atoms with E-state index in [1.807, 2.05) is 0 Å². The lowest BCUT2D eigenvalue weighted by atomic mass is 10.2. The Morgan fingerprint density at radius 1 is 1.17 bits per heavy atom. The zero-order valence-electron chi connectivity index (χ0n) is 11.4. The molecule has 1 heterocycles. The molecule has 0 unspecified atom stereocenters. The summed E-state index contributed by atoms with van der Waals surface area (Å²) in [7, 11) is -3.96. The van der Waals surface area contributed by atoms with E-state index in [0.717, 1.165) is 6.07 Å². The van der Waals surface area contributed by atoms with Crippen LogP contribution in [0.2, 0.25) is 0 Å². The molecule has 2 N–H and O–H groups in total. The molecular formula is C13H9BrFN5O2S. The van der Waals surface area contributed by atoms with E-state index < -0.39 is 15.8 Å². The number of benzene rings is 2. The first kappa shape index (κ1) is 15.6. The molecule has 0 aliphatic heterocycles. The number of halogens is 2. The van der Waals surface area contributed by atoms with Crippen molar-refractivity contribution in [3.8, 4) is 11.4 Å². The summed E-state index contributed by atoms with van der Waals surface area (Å²) in [5.74, 6) is -0.407. The van der Waals surface area contributed by atoms with Crippen LogP contribution in [0, 0.1) is 5.82 Å². The van der Waals surface area contributed by atoms with Crippen LogP contribution >= 0.6 is 15.9 Å². The highest BCUT2D eigenvalue weighted by Crippen LogP contribution is 2.30. The summed E-state index contributed by atoms with van der Waals surface area (Å²) in [5, 5.41) is 13.4. The summed E-state index contributed by atoms with van der Waals surface area (Å²) in [6, 6.07) is 9.64. The minimum Gasteiger partial charge on any atom is -0.279 e. The summed E-state index contributed by atoms with van der Waals surface area (Å²) < 4.78 is 41.2. The van der Waals surface area contributed by atoms with Crippen LogP contribution in [0.25, 0.3) is 11.4 Å². The lowest BCUT2D eigenvalue weighted by molar-refractivity contribution is 0.595. The number of tetrazole rings is 1. The maximum absolute atomic E-state index is 13.3. The molecule has 118 valence electrons. The Bertz CT molecular complexity index is 947. The predicted molar refractivity (Wildman–Crippen MR) is 84.5 cm³/mol. The van der Waals surface area contributed by atoms with E-state index >= 15 is 0 Å². The number of rotatable bonds is 4. The summed E-state index contributed by atoms with van der Waals surface area (Å²) in [4.78, 5) is -0.184. The van der Waals surface area contributed by atoms with Gasteiger partial charge < -0.3 is 0 Å². The highest BCUT2D eigenvalue weighted by Gasteiger charge is 2.19. The number of H-pyrrole nitrogens is 1. The maximum Gasteiger partial charge on any atom is 0.262 e. The number of hydrogen-bond acceptors (Lipinski definition) is 5. The predicted octanol–water partition coefficient (Wildman–Crippen LogP) is 2.57. The standard InChI is InChI=1S/C13H9BrFN5O2S/c14-8-4-5-11(13-16-19-20-17-13)12(6-8)18-23(21,22)10-3-1-2-9(15)7-10/h1-7,18H,(H,16,17,19,20). The van der Waals surface area contributed by atoms with Crippen molar-refractivity contribution < 1.29 is 12.8 Å². The van der Waals surface area contributed by atoms with Crippen molar-refractivity contribution in [1.29, 1.82) is 0 Å². The van der Waals surface area contributed by atoms with Gasteiger partial charge in [-0.15, -0.1) is 10.2 Å². The molecule has 3 rings (SSSR count). The fraction of sp³-hybridized carbons (Fsp3) is 0. The molecule has 0 saturated carbocycles. The van der Waals surface area contributed by atoms with Crippen LogP contribution in [0.4, 0.5) is 10.1 Å². The number of aromatic nitrogens is 4. The zero-order valence-corrected chi connectivity index (χ0v) is 13.8. The molecule has 1 aromatic heterocycles. The molecule has 3 aromatic rings. The average molecular weight is 398 g/mol. The Balaban J connectivity index is 2.04. The van der Waals surface area contributed by atoms with E-state index in [9.17, 15) is 12.8 Å². The van der Waals surface area contributed by atoms with Crippen molar-refractivity contribution in [3.05, 3.63) is 52.8 Å². The third-order valence-electron chi connectivity index (χ3n) is 2.92. The van der Waals surface area contributed by atoms with E-state index in [2.05, 4.69) is 41.3 Å². The number of hydrogen-bond donors (Lipinski definition) is 2. The highest BCUT2D eigenvalue weighted by molar-refractivity contribution is 9.10. The van der Waals surface area contributed by atoms with Crippen LogP contribution in [0.1, 0.15) is 0 Å². The fourth-order valence-electron chi connectivity index (χ4n) is 1.91. The van der Waals surface area contributed by atoms with Crippen molar-refractivity contribution in [2.75, 3.05) is 4.72 Å². The van der Waals surface area contributed by atoms with Crippen LogP contribution in [0.3, 0.4) is 0 Å². The molecule has 0 aliphatic carbocycles. The topological polar surface area (TPSA) is 101 Å². The molecule has 7 nitrogen and oxygen atoms in total. The first-order valence-corrected chi connectivity index (χ1v) is 8.55. The number of aromatic amines is 1. The van der Waals surface area contributed by atoms with Gasteiger partial charge in [-0.25, -0.2) is 12.8 Å². The summed E-state index contributed by atoms with van der Waals surface area (Å²) >= 11 is 3.28. The molecule has 10 heteroatoms. The monoisotopic (exact) mass is 397 g/mol. The van der Waals surface area contributed by atoms with Gasteiger partial charge in [-0.1, -0.05) is 22.0 Å². The lowest BCUT2D eigenvalue weighted by Crippen LogP contribution is -2.14. The first-order valence-electron chi connectivity index (χ1n) is 6.27. The van der Waals surface area contributed by atoms with Gasteiger partial charge in [0.2, 0.25) is 5.82 Å². The molecule has 0 amide bonds. The van der Waals surface area contributed by atoms with Gasteiger partial charge >= 0.3 is 0 Å². The Labute approximate surface area is 139 Å². The zero-order chi connectivity index (χ0) is 16.4. The lowest BCUT2D eigenvalue weighted by Gasteiger charge is -2.11. The maximum atomic E-state index is 13.3. The molecule has 0 spiro atoms. The summed E-state index contributed by atoms with van der Waals surface area (Å²) in [5.41, 5.74) is 0.673. The first-order chi connectivity index (χ1) is 11.0. The molecule has 0 atom stereocenters. The molecular weight excluding hydrogens is 389 g/mol. The van der Waals surface area contributed by atoms with Crippen LogP contribution in [-0.4, -0.2) is 29.0 Å². The minimum absolute atomic E-state index is 0.184. The number of sulfonamides is 1. The van der Waals surface area contributed by atoms with Gasteiger partial charge in [0.25, 0.3) is 10.0 Å². The van der Waals surface area contributed by atoms with E-state index in [4.69, 9.17) is 0 Å². The molecule has 2 aromatic carbocycles. The smallest absolute Gasteiger partial charge is 0.262 e. The number of nitrogens with one attached hydrogen (secondary N) is 2. The van der Waals surface area contributed by atoms with Crippen molar-refractivity contribution in [2.24, 2.45) is 0 Å². The number of anilines is 1. The second kappa shape index (κ2) is 6.05. The van der Waals surface area contributed by atoms with Crippen LogP contribution < -0.4 is 4.72 Å². The Morgan fingerprint density at radius 3 is 2.70 bits per heavy atom. The summed E-state index contributed by atoms with van der Waals surface area (Å²) in [6.07, 6.45) is 0. The SMILES string of the molecule is O=S(=O)(Nc1cc(Br)ccc1-c1nn[nH]n1)c1cccc(F)c1. The molecule has 0 aliphatic rings. The number of nitrogens with zero attached hydrogens (tertiary/aromatic N) is 3. The highest BCUT2D eigenvalue weighted by atomic mass is 79.9. The van der Waals surface area contributed by atoms with Gasteiger partial charge in [-0.3, -0.25) is 4.72 Å². The fourth-order valence-corrected chi connectivity index (χ4v) is 3.37. The van der Waals surface area contributed by atoms with Crippen molar-refractivity contribution >= 4 is 31.6 Å². The Hall–Kier alpha value is -2.33. The molecule has 0 radical (unpaired) electrons. The molecule has 0 saturated heterocycles. The van der Waals surface area contributed by atoms with Crippen LogP contribution in [0.15, 0.2) is 51.8 Å². The molecule has 0 bridgehead atoms. The van der Waals surface area contributed by atoms with Crippen molar-refractivity contribution in [3.63, 3.8) is 0 Å². The van der Waals surface area contributed by atoms with E-state index in [1.54, 1.807) is 18.2 Å². The largest absolute Gasteiger partial charge is 0.279 e.